The zero-order valence-electron chi connectivity index (χ0n) is 25.0. The Kier molecular flexibility index (Phi) is 10.5. The second kappa shape index (κ2) is 13.9. The monoisotopic (exact) mass is 634 g/mol. The molecule has 3 aromatic rings. The molecular formula is C31H38O10S2. The molecule has 4 rings (SSSR count). The van der Waals surface area contributed by atoms with Crippen molar-refractivity contribution >= 4 is 19.7 Å². The standard InChI is InChI=1S/C31H38O10S2/c1-6-15-43(34,35)29-20-22(19-28(38-4)31(29)40-14-16-42(32,33)23-10-8-7-9-11-23)25-13-12-24(41-25)21-17-26(36-2)30(39-5)27(18-21)37-3/h7-11,17-20,24-25H,6,12-16H2,1-5H3/t24-,25-/m0/s1. The normalized spacial score (nSPS) is 17.0. The second-order valence-corrected chi connectivity index (χ2v) is 14.2. The number of methoxy groups -OCH3 is 4. The highest BCUT2D eigenvalue weighted by atomic mass is 32.2. The summed E-state index contributed by atoms with van der Waals surface area (Å²) in [7, 11) is -1.39. The zero-order chi connectivity index (χ0) is 31.2. The molecule has 1 heterocycles. The molecule has 2 atom stereocenters. The van der Waals surface area contributed by atoms with Gasteiger partial charge in [-0.1, -0.05) is 25.1 Å². The molecule has 1 aliphatic rings. The van der Waals surface area contributed by atoms with E-state index in [0.29, 0.717) is 42.1 Å². The van der Waals surface area contributed by atoms with Crippen molar-refractivity contribution in [2.75, 3.05) is 46.6 Å². The number of hydrogen-bond acceptors (Lipinski definition) is 10. The smallest absolute Gasteiger partial charge is 0.203 e. The lowest BCUT2D eigenvalue weighted by Gasteiger charge is -2.21. The molecule has 0 unspecified atom stereocenters. The predicted molar refractivity (Wildman–Crippen MR) is 161 cm³/mol. The van der Waals surface area contributed by atoms with Crippen molar-refractivity contribution in [3.63, 3.8) is 0 Å². The summed E-state index contributed by atoms with van der Waals surface area (Å²) in [6, 6.07) is 15.0. The van der Waals surface area contributed by atoms with Gasteiger partial charge in [-0.3, -0.25) is 0 Å². The average molecular weight is 635 g/mol. The van der Waals surface area contributed by atoms with Gasteiger partial charge in [0.05, 0.1) is 57.0 Å². The average Bonchev–Trinajstić information content (AvgIpc) is 3.51. The minimum Gasteiger partial charge on any atom is -0.493 e. The quantitative estimate of drug-likeness (QED) is 0.229. The lowest BCUT2D eigenvalue weighted by molar-refractivity contribution is 0.0435. The minimum atomic E-state index is -3.79. The van der Waals surface area contributed by atoms with Crippen LogP contribution in [0.1, 0.15) is 49.5 Å². The Bertz CT molecular complexity index is 1590. The molecule has 10 nitrogen and oxygen atoms in total. The van der Waals surface area contributed by atoms with Crippen LogP contribution >= 0.6 is 0 Å². The Morgan fingerprint density at radius 2 is 1.23 bits per heavy atom. The molecule has 0 radical (unpaired) electrons. The molecule has 0 saturated carbocycles. The first-order valence-corrected chi connectivity index (χ1v) is 17.2. The first-order chi connectivity index (χ1) is 20.6. The van der Waals surface area contributed by atoms with E-state index in [1.54, 1.807) is 51.5 Å². The van der Waals surface area contributed by atoms with Crippen LogP contribution in [0.15, 0.2) is 64.4 Å². The molecule has 0 N–H and O–H groups in total. The summed E-state index contributed by atoms with van der Waals surface area (Å²) in [4.78, 5) is 0.112. The van der Waals surface area contributed by atoms with E-state index in [9.17, 15) is 16.8 Å². The maximum Gasteiger partial charge on any atom is 0.203 e. The maximum atomic E-state index is 13.4. The summed E-state index contributed by atoms with van der Waals surface area (Å²) in [5.74, 6) is 1.22. The van der Waals surface area contributed by atoms with E-state index in [1.165, 1.54) is 26.4 Å². The number of hydrogen-bond donors (Lipinski definition) is 0. The summed E-state index contributed by atoms with van der Waals surface area (Å²) in [5, 5.41) is 0. The van der Waals surface area contributed by atoms with Crippen LogP contribution in [-0.4, -0.2) is 63.4 Å². The van der Waals surface area contributed by atoms with E-state index in [-0.39, 0.29) is 45.5 Å². The Morgan fingerprint density at radius 3 is 1.74 bits per heavy atom. The second-order valence-electron chi connectivity index (χ2n) is 10.00. The summed E-state index contributed by atoms with van der Waals surface area (Å²) in [5.41, 5.74) is 1.45. The fraction of sp³-hybridized carbons (Fsp3) is 0.419. The van der Waals surface area contributed by atoms with Gasteiger partial charge in [-0.25, -0.2) is 16.8 Å². The van der Waals surface area contributed by atoms with Crippen molar-refractivity contribution in [1.82, 2.24) is 0 Å². The van der Waals surface area contributed by atoms with E-state index in [1.807, 2.05) is 12.1 Å². The number of ether oxygens (including phenoxy) is 6. The van der Waals surface area contributed by atoms with Gasteiger partial charge in [-0.05, 0) is 66.8 Å². The zero-order valence-corrected chi connectivity index (χ0v) is 26.6. The first kappa shape index (κ1) is 32.4. The molecule has 1 saturated heterocycles. The Hall–Kier alpha value is -3.48. The van der Waals surface area contributed by atoms with Crippen molar-refractivity contribution in [3.8, 4) is 28.7 Å². The van der Waals surface area contributed by atoms with E-state index in [2.05, 4.69) is 0 Å². The van der Waals surface area contributed by atoms with Crippen molar-refractivity contribution in [3.05, 3.63) is 65.7 Å². The fourth-order valence-corrected chi connectivity index (χ4v) is 7.73. The number of benzene rings is 3. The van der Waals surface area contributed by atoms with Crippen LogP contribution in [0.3, 0.4) is 0 Å². The van der Waals surface area contributed by atoms with Crippen LogP contribution in [0.5, 0.6) is 28.7 Å². The molecule has 0 aromatic heterocycles. The third-order valence-electron chi connectivity index (χ3n) is 7.22. The summed E-state index contributed by atoms with van der Waals surface area (Å²) in [6.07, 6.45) is 0.936. The molecule has 0 spiro atoms. The van der Waals surface area contributed by atoms with E-state index >= 15 is 0 Å². The van der Waals surface area contributed by atoms with Gasteiger partial charge in [0.25, 0.3) is 0 Å². The van der Waals surface area contributed by atoms with Crippen molar-refractivity contribution in [1.29, 1.82) is 0 Å². The summed E-state index contributed by atoms with van der Waals surface area (Å²) >= 11 is 0. The van der Waals surface area contributed by atoms with E-state index in [0.717, 1.165) is 5.56 Å². The highest BCUT2D eigenvalue weighted by Gasteiger charge is 2.33. The lowest BCUT2D eigenvalue weighted by atomic mass is 10.0. The summed E-state index contributed by atoms with van der Waals surface area (Å²) < 4.78 is 86.7. The van der Waals surface area contributed by atoms with Gasteiger partial charge in [0, 0.05) is 0 Å². The third kappa shape index (κ3) is 7.19. The molecule has 0 amide bonds. The van der Waals surface area contributed by atoms with Crippen LogP contribution < -0.4 is 23.7 Å². The highest BCUT2D eigenvalue weighted by Crippen LogP contribution is 2.48. The van der Waals surface area contributed by atoms with E-state index < -0.39 is 25.8 Å². The minimum absolute atomic E-state index is 0.0119. The Balaban J connectivity index is 1.64. The molecule has 1 aliphatic heterocycles. The van der Waals surface area contributed by atoms with Crippen LogP contribution in [0.25, 0.3) is 0 Å². The van der Waals surface area contributed by atoms with Gasteiger partial charge in [0.15, 0.2) is 42.7 Å². The van der Waals surface area contributed by atoms with Crippen LogP contribution in [0, 0.1) is 0 Å². The Morgan fingerprint density at radius 1 is 0.698 bits per heavy atom. The van der Waals surface area contributed by atoms with Gasteiger partial charge in [0.1, 0.15) is 11.5 Å². The highest BCUT2D eigenvalue weighted by molar-refractivity contribution is 7.91. The maximum absolute atomic E-state index is 13.4. The topological polar surface area (TPSA) is 124 Å². The van der Waals surface area contributed by atoms with Crippen LogP contribution in [0.2, 0.25) is 0 Å². The first-order valence-electron chi connectivity index (χ1n) is 13.9. The van der Waals surface area contributed by atoms with Crippen molar-refractivity contribution < 1.29 is 45.3 Å². The molecule has 0 bridgehead atoms. The largest absolute Gasteiger partial charge is 0.493 e. The van der Waals surface area contributed by atoms with Gasteiger partial charge < -0.3 is 28.4 Å². The molecule has 12 heteroatoms. The van der Waals surface area contributed by atoms with Gasteiger partial charge in [-0.15, -0.1) is 0 Å². The van der Waals surface area contributed by atoms with Crippen molar-refractivity contribution in [2.45, 2.75) is 48.2 Å². The van der Waals surface area contributed by atoms with E-state index in [4.69, 9.17) is 28.4 Å². The predicted octanol–water partition coefficient (Wildman–Crippen LogP) is 5.35. The fourth-order valence-electron chi connectivity index (χ4n) is 5.10. The SMILES string of the molecule is CCCS(=O)(=O)c1cc([C@@H]2CC[C@@H](c3cc(OC)c(OC)c(OC)c3)O2)cc(OC)c1OCCS(=O)(=O)c1ccccc1. The van der Waals surface area contributed by atoms with Crippen molar-refractivity contribution in [2.24, 2.45) is 0 Å². The number of rotatable bonds is 14. The third-order valence-corrected chi connectivity index (χ3v) is 10.8. The van der Waals surface area contributed by atoms with Gasteiger partial charge in [0.2, 0.25) is 5.75 Å². The molecule has 0 aliphatic carbocycles. The van der Waals surface area contributed by atoms with Crippen LogP contribution in [0.4, 0.5) is 0 Å². The lowest BCUT2D eigenvalue weighted by Crippen LogP contribution is -2.17. The number of sulfone groups is 2. The van der Waals surface area contributed by atoms with Gasteiger partial charge in [-0.2, -0.15) is 0 Å². The van der Waals surface area contributed by atoms with Crippen LogP contribution in [-0.2, 0) is 24.4 Å². The molecule has 43 heavy (non-hydrogen) atoms. The summed E-state index contributed by atoms with van der Waals surface area (Å²) in [6.45, 7) is 1.51. The molecule has 3 aromatic carbocycles. The molecule has 1 fully saturated rings. The van der Waals surface area contributed by atoms with Gasteiger partial charge >= 0.3 is 0 Å². The molecular weight excluding hydrogens is 596 g/mol. The molecule has 234 valence electrons. The Labute approximate surface area is 253 Å².